The van der Waals surface area contributed by atoms with E-state index in [4.69, 9.17) is 17.3 Å². The molecule has 0 aromatic heterocycles. The Labute approximate surface area is 123 Å². The van der Waals surface area contributed by atoms with Gasteiger partial charge in [-0.15, -0.1) is 0 Å². The predicted molar refractivity (Wildman–Crippen MR) is 83.1 cm³/mol. The van der Waals surface area contributed by atoms with Crippen molar-refractivity contribution in [3.63, 3.8) is 0 Å². The normalized spacial score (nSPS) is 10.3. The Morgan fingerprint density at radius 1 is 1.25 bits per heavy atom. The molecule has 0 heterocycles. The molecule has 4 heteroatoms. The fourth-order valence-corrected chi connectivity index (χ4v) is 2.19. The molecule has 0 aliphatic heterocycles. The topological polar surface area (TPSA) is 55.1 Å². The van der Waals surface area contributed by atoms with Gasteiger partial charge < -0.3 is 11.1 Å². The molecule has 0 unspecified atom stereocenters. The summed E-state index contributed by atoms with van der Waals surface area (Å²) in [5, 5.41) is 3.87. The van der Waals surface area contributed by atoms with E-state index < -0.39 is 5.91 Å². The minimum atomic E-state index is -0.470. The Kier molecular flexibility index (Phi) is 4.64. The molecular formula is C16H17ClN2O. The summed E-state index contributed by atoms with van der Waals surface area (Å²) < 4.78 is 0. The molecule has 2 aromatic carbocycles. The maximum atomic E-state index is 11.1. The average Bonchev–Trinajstić information content (AvgIpc) is 2.46. The monoisotopic (exact) mass is 288 g/mol. The molecule has 0 spiro atoms. The number of rotatable bonds is 5. The highest BCUT2D eigenvalue weighted by Gasteiger charge is 2.05. The maximum Gasteiger partial charge on any atom is 0.248 e. The molecule has 3 N–H and O–H groups in total. The second kappa shape index (κ2) is 6.44. The van der Waals surface area contributed by atoms with Crippen molar-refractivity contribution in [3.05, 3.63) is 64.2 Å². The summed E-state index contributed by atoms with van der Waals surface area (Å²) in [6, 6.07) is 13.4. The van der Waals surface area contributed by atoms with Crippen LogP contribution in [0.1, 0.15) is 28.4 Å². The number of aryl methyl sites for hydroxylation is 1. The molecule has 0 aliphatic rings. The van der Waals surface area contributed by atoms with E-state index in [1.54, 1.807) is 12.1 Å². The van der Waals surface area contributed by atoms with Crippen LogP contribution < -0.4 is 11.1 Å². The van der Waals surface area contributed by atoms with Gasteiger partial charge in [0.15, 0.2) is 0 Å². The lowest BCUT2D eigenvalue weighted by Crippen LogP contribution is -2.11. The first-order valence-electron chi connectivity index (χ1n) is 6.51. The number of primary amides is 1. The zero-order valence-electron chi connectivity index (χ0n) is 11.3. The van der Waals surface area contributed by atoms with E-state index in [2.05, 4.69) is 24.4 Å². The lowest BCUT2D eigenvalue weighted by Gasteiger charge is -2.10. The smallest absolute Gasteiger partial charge is 0.248 e. The standard InChI is InChI=1S/C16H17ClN2O/c1-2-11-4-3-5-14(8-11)19-10-13-7-6-12(16(18)20)9-15(13)17/h3-9,19H,2,10H2,1H3,(H2,18,20). The van der Waals surface area contributed by atoms with Crippen molar-refractivity contribution < 1.29 is 4.79 Å². The number of nitrogens with two attached hydrogens (primary N) is 1. The van der Waals surface area contributed by atoms with Gasteiger partial charge in [-0.3, -0.25) is 4.79 Å². The number of halogens is 1. The third-order valence-electron chi connectivity index (χ3n) is 3.16. The average molecular weight is 289 g/mol. The SMILES string of the molecule is CCc1cccc(NCc2ccc(C(N)=O)cc2Cl)c1. The highest BCUT2D eigenvalue weighted by molar-refractivity contribution is 6.31. The van der Waals surface area contributed by atoms with Crippen LogP contribution in [-0.2, 0) is 13.0 Å². The van der Waals surface area contributed by atoms with Crippen LogP contribution in [0.4, 0.5) is 5.69 Å². The lowest BCUT2D eigenvalue weighted by molar-refractivity contribution is 0.100. The van der Waals surface area contributed by atoms with Crippen molar-refractivity contribution in [3.8, 4) is 0 Å². The quantitative estimate of drug-likeness (QED) is 0.883. The van der Waals surface area contributed by atoms with Gasteiger partial charge in [0.05, 0.1) is 0 Å². The van der Waals surface area contributed by atoms with Crippen LogP contribution in [-0.4, -0.2) is 5.91 Å². The Balaban J connectivity index is 2.08. The van der Waals surface area contributed by atoms with Crippen molar-refractivity contribution in [2.45, 2.75) is 19.9 Å². The first-order chi connectivity index (χ1) is 9.60. The minimum Gasteiger partial charge on any atom is -0.381 e. The van der Waals surface area contributed by atoms with Crippen LogP contribution in [0.3, 0.4) is 0 Å². The molecule has 0 bridgehead atoms. The summed E-state index contributed by atoms with van der Waals surface area (Å²) in [5.41, 5.74) is 8.91. The number of hydrogen-bond acceptors (Lipinski definition) is 2. The van der Waals surface area contributed by atoms with Gasteiger partial charge in [-0.05, 0) is 41.8 Å². The Hall–Kier alpha value is -2.00. The molecule has 0 saturated carbocycles. The number of hydrogen-bond donors (Lipinski definition) is 2. The van der Waals surface area contributed by atoms with Crippen molar-refractivity contribution in [1.29, 1.82) is 0 Å². The fraction of sp³-hybridized carbons (Fsp3) is 0.188. The third-order valence-corrected chi connectivity index (χ3v) is 3.51. The molecule has 1 amide bonds. The van der Waals surface area contributed by atoms with Crippen LogP contribution in [0.25, 0.3) is 0 Å². The van der Waals surface area contributed by atoms with E-state index >= 15 is 0 Å². The van der Waals surface area contributed by atoms with Crippen molar-refractivity contribution in [2.75, 3.05) is 5.32 Å². The van der Waals surface area contributed by atoms with Gasteiger partial charge in [0, 0.05) is 22.8 Å². The number of carbonyl (C=O) groups is 1. The van der Waals surface area contributed by atoms with Crippen molar-refractivity contribution >= 4 is 23.2 Å². The number of carbonyl (C=O) groups excluding carboxylic acids is 1. The molecule has 20 heavy (non-hydrogen) atoms. The molecule has 0 aliphatic carbocycles. The van der Waals surface area contributed by atoms with Gasteiger partial charge in [-0.2, -0.15) is 0 Å². The van der Waals surface area contributed by atoms with Crippen LogP contribution in [0.15, 0.2) is 42.5 Å². The predicted octanol–water partition coefficient (Wildman–Crippen LogP) is 3.61. The Morgan fingerprint density at radius 3 is 2.70 bits per heavy atom. The van der Waals surface area contributed by atoms with Gasteiger partial charge in [-0.1, -0.05) is 36.7 Å². The summed E-state index contributed by atoms with van der Waals surface area (Å²) in [6.45, 7) is 2.73. The van der Waals surface area contributed by atoms with E-state index in [1.807, 2.05) is 18.2 Å². The van der Waals surface area contributed by atoms with Gasteiger partial charge >= 0.3 is 0 Å². The van der Waals surface area contributed by atoms with Crippen LogP contribution >= 0.6 is 11.6 Å². The second-order valence-corrected chi connectivity index (χ2v) is 4.99. The second-order valence-electron chi connectivity index (χ2n) is 4.58. The van der Waals surface area contributed by atoms with E-state index in [-0.39, 0.29) is 0 Å². The summed E-state index contributed by atoms with van der Waals surface area (Å²) in [7, 11) is 0. The molecular weight excluding hydrogens is 272 g/mol. The summed E-state index contributed by atoms with van der Waals surface area (Å²) in [6.07, 6.45) is 1.00. The molecule has 0 radical (unpaired) electrons. The molecule has 0 fully saturated rings. The molecule has 0 saturated heterocycles. The lowest BCUT2D eigenvalue weighted by atomic mass is 10.1. The third kappa shape index (κ3) is 3.52. The van der Waals surface area contributed by atoms with Crippen molar-refractivity contribution in [2.24, 2.45) is 5.73 Å². The van der Waals surface area contributed by atoms with Crippen LogP contribution in [0.2, 0.25) is 5.02 Å². The molecule has 3 nitrogen and oxygen atoms in total. The molecule has 2 aromatic rings. The van der Waals surface area contributed by atoms with E-state index in [0.29, 0.717) is 17.1 Å². The van der Waals surface area contributed by atoms with Gasteiger partial charge in [0.25, 0.3) is 0 Å². The first kappa shape index (κ1) is 14.4. The number of amides is 1. The first-order valence-corrected chi connectivity index (χ1v) is 6.89. The summed E-state index contributed by atoms with van der Waals surface area (Å²) >= 11 is 6.15. The number of benzene rings is 2. The van der Waals surface area contributed by atoms with Gasteiger partial charge in [0.2, 0.25) is 5.91 Å². The maximum absolute atomic E-state index is 11.1. The fourth-order valence-electron chi connectivity index (χ4n) is 1.94. The minimum absolute atomic E-state index is 0.423. The molecule has 104 valence electrons. The Morgan fingerprint density at radius 2 is 2.05 bits per heavy atom. The molecule has 2 rings (SSSR count). The Bertz CT molecular complexity index is 626. The molecule has 0 atom stereocenters. The number of anilines is 1. The highest BCUT2D eigenvalue weighted by atomic mass is 35.5. The van der Waals surface area contributed by atoms with Crippen LogP contribution in [0.5, 0.6) is 0 Å². The van der Waals surface area contributed by atoms with Crippen molar-refractivity contribution in [1.82, 2.24) is 0 Å². The van der Waals surface area contributed by atoms with Gasteiger partial charge in [0.1, 0.15) is 0 Å². The summed E-state index contributed by atoms with van der Waals surface area (Å²) in [5.74, 6) is -0.470. The summed E-state index contributed by atoms with van der Waals surface area (Å²) in [4.78, 5) is 11.1. The number of nitrogens with one attached hydrogen (secondary N) is 1. The highest BCUT2D eigenvalue weighted by Crippen LogP contribution is 2.20. The van der Waals surface area contributed by atoms with Gasteiger partial charge in [-0.25, -0.2) is 0 Å². The van der Waals surface area contributed by atoms with E-state index in [0.717, 1.165) is 17.7 Å². The largest absolute Gasteiger partial charge is 0.381 e. The van der Waals surface area contributed by atoms with Crippen LogP contribution in [0, 0.1) is 0 Å². The zero-order valence-corrected chi connectivity index (χ0v) is 12.1. The van der Waals surface area contributed by atoms with E-state index in [1.165, 1.54) is 5.56 Å². The zero-order chi connectivity index (χ0) is 14.5. The van der Waals surface area contributed by atoms with E-state index in [9.17, 15) is 4.79 Å².